The van der Waals surface area contributed by atoms with Crippen LogP contribution in [-0.2, 0) is 0 Å². The molecule has 1 aromatic heterocycles. The molecule has 14 heavy (non-hydrogen) atoms. The molecule has 0 aliphatic carbocycles. The Morgan fingerprint density at radius 3 is 2.71 bits per heavy atom. The summed E-state index contributed by atoms with van der Waals surface area (Å²) in [6.45, 7) is 5.85. The van der Waals surface area contributed by atoms with Crippen LogP contribution in [0.2, 0.25) is 5.02 Å². The number of hydrogen-bond acceptors (Lipinski definition) is 2. The Morgan fingerprint density at radius 2 is 2.14 bits per heavy atom. The predicted octanol–water partition coefficient (Wildman–Crippen LogP) is 2.98. The van der Waals surface area contributed by atoms with Crippen molar-refractivity contribution in [1.82, 2.24) is 4.98 Å². The van der Waals surface area contributed by atoms with Crippen molar-refractivity contribution < 1.29 is 0 Å². The van der Waals surface area contributed by atoms with Gasteiger partial charge in [-0.05, 0) is 25.0 Å². The minimum atomic E-state index is 0.775. The van der Waals surface area contributed by atoms with E-state index in [9.17, 15) is 0 Å². The van der Waals surface area contributed by atoms with Crippen molar-refractivity contribution in [3.8, 4) is 0 Å². The zero-order valence-corrected chi connectivity index (χ0v) is 8.80. The lowest BCUT2D eigenvalue weighted by Crippen LogP contribution is -2.18. The summed E-state index contributed by atoms with van der Waals surface area (Å²) in [5.41, 5.74) is 1.88. The van der Waals surface area contributed by atoms with Gasteiger partial charge in [0.05, 0.1) is 22.6 Å². The van der Waals surface area contributed by atoms with Crippen LogP contribution in [-0.4, -0.2) is 18.1 Å². The smallest absolute Gasteiger partial charge is 0.0742 e. The highest BCUT2D eigenvalue weighted by Crippen LogP contribution is 2.28. The molecule has 0 bridgehead atoms. The highest BCUT2D eigenvalue weighted by atomic mass is 35.5. The Hall–Kier alpha value is -1.02. The maximum absolute atomic E-state index is 6.16. The zero-order valence-electron chi connectivity index (χ0n) is 8.04. The van der Waals surface area contributed by atoms with E-state index in [2.05, 4.69) is 16.5 Å². The Bertz CT molecular complexity index is 343. The van der Waals surface area contributed by atoms with Gasteiger partial charge in [-0.3, -0.25) is 4.98 Å². The van der Waals surface area contributed by atoms with E-state index in [1.165, 1.54) is 12.8 Å². The van der Waals surface area contributed by atoms with Crippen molar-refractivity contribution in [3.05, 3.63) is 29.6 Å². The lowest BCUT2D eigenvalue weighted by Gasteiger charge is -2.18. The van der Waals surface area contributed by atoms with E-state index >= 15 is 0 Å². The lowest BCUT2D eigenvalue weighted by molar-refractivity contribution is 0.949. The molecule has 2 nitrogen and oxygen atoms in total. The lowest BCUT2D eigenvalue weighted by atomic mass is 10.3. The molecule has 1 aliphatic rings. The number of anilines is 1. The van der Waals surface area contributed by atoms with Crippen molar-refractivity contribution in [3.63, 3.8) is 0 Å². The molecule has 0 N–H and O–H groups in total. The average molecular weight is 209 g/mol. The number of aromatic nitrogens is 1. The SMILES string of the molecule is C=Cc1cc(Cl)c(N2CCCC2)cn1. The molecule has 0 spiro atoms. The predicted molar refractivity (Wildman–Crippen MR) is 60.8 cm³/mol. The summed E-state index contributed by atoms with van der Waals surface area (Å²) < 4.78 is 0. The van der Waals surface area contributed by atoms with Crippen molar-refractivity contribution in [2.75, 3.05) is 18.0 Å². The summed E-state index contributed by atoms with van der Waals surface area (Å²) in [5, 5.41) is 0.775. The second-order valence-electron chi connectivity index (χ2n) is 3.46. The van der Waals surface area contributed by atoms with Crippen LogP contribution in [0.5, 0.6) is 0 Å². The molecule has 0 atom stereocenters. The van der Waals surface area contributed by atoms with Crippen molar-refractivity contribution in [1.29, 1.82) is 0 Å². The number of hydrogen-bond donors (Lipinski definition) is 0. The molecular weight excluding hydrogens is 196 g/mol. The van der Waals surface area contributed by atoms with E-state index in [4.69, 9.17) is 11.6 Å². The van der Waals surface area contributed by atoms with Crippen molar-refractivity contribution in [2.24, 2.45) is 0 Å². The number of pyridine rings is 1. The fourth-order valence-electron chi connectivity index (χ4n) is 1.74. The average Bonchev–Trinajstić information content (AvgIpc) is 2.70. The van der Waals surface area contributed by atoms with E-state index in [-0.39, 0.29) is 0 Å². The van der Waals surface area contributed by atoms with Gasteiger partial charge in [-0.1, -0.05) is 18.2 Å². The summed E-state index contributed by atoms with van der Waals surface area (Å²) in [5.74, 6) is 0. The largest absolute Gasteiger partial charge is 0.369 e. The summed E-state index contributed by atoms with van der Waals surface area (Å²) >= 11 is 6.16. The standard InChI is InChI=1S/C11H13ClN2/c1-2-9-7-10(12)11(8-13-9)14-5-3-4-6-14/h2,7-8H,1,3-6H2. The van der Waals surface area contributed by atoms with Crippen LogP contribution < -0.4 is 4.90 Å². The van der Waals surface area contributed by atoms with E-state index in [0.29, 0.717) is 0 Å². The molecule has 0 aromatic carbocycles. The molecular formula is C11H13ClN2. The van der Waals surface area contributed by atoms with Gasteiger partial charge >= 0.3 is 0 Å². The molecule has 1 saturated heterocycles. The first-order valence-electron chi connectivity index (χ1n) is 4.84. The van der Waals surface area contributed by atoms with Gasteiger partial charge in [-0.25, -0.2) is 0 Å². The highest BCUT2D eigenvalue weighted by Gasteiger charge is 2.15. The number of halogens is 1. The highest BCUT2D eigenvalue weighted by molar-refractivity contribution is 6.33. The molecule has 3 heteroatoms. The van der Waals surface area contributed by atoms with Gasteiger partial charge < -0.3 is 4.90 Å². The van der Waals surface area contributed by atoms with Crippen molar-refractivity contribution >= 4 is 23.4 Å². The van der Waals surface area contributed by atoms with Crippen molar-refractivity contribution in [2.45, 2.75) is 12.8 Å². The van der Waals surface area contributed by atoms with Crippen LogP contribution in [0.15, 0.2) is 18.8 Å². The van der Waals surface area contributed by atoms with Crippen LogP contribution in [0.25, 0.3) is 6.08 Å². The minimum absolute atomic E-state index is 0.775. The summed E-state index contributed by atoms with van der Waals surface area (Å²) in [6.07, 6.45) is 6.05. The minimum Gasteiger partial charge on any atom is -0.369 e. The van der Waals surface area contributed by atoms with Gasteiger partial charge in [0.1, 0.15) is 0 Å². The van der Waals surface area contributed by atoms with Crippen LogP contribution in [0.3, 0.4) is 0 Å². The third-order valence-electron chi connectivity index (χ3n) is 2.51. The Morgan fingerprint density at radius 1 is 1.43 bits per heavy atom. The number of rotatable bonds is 2. The number of nitrogens with zero attached hydrogens (tertiary/aromatic N) is 2. The third kappa shape index (κ3) is 1.75. The Labute approximate surface area is 89.2 Å². The van der Waals surface area contributed by atoms with E-state index in [0.717, 1.165) is 29.5 Å². The third-order valence-corrected chi connectivity index (χ3v) is 2.81. The molecule has 2 heterocycles. The van der Waals surface area contributed by atoms with Gasteiger partial charge in [0.15, 0.2) is 0 Å². The summed E-state index contributed by atoms with van der Waals surface area (Å²) in [4.78, 5) is 6.54. The summed E-state index contributed by atoms with van der Waals surface area (Å²) in [7, 11) is 0. The second-order valence-corrected chi connectivity index (χ2v) is 3.87. The fraction of sp³-hybridized carbons (Fsp3) is 0.364. The molecule has 0 unspecified atom stereocenters. The molecule has 1 aliphatic heterocycles. The molecule has 0 saturated carbocycles. The molecule has 1 aromatic rings. The van der Waals surface area contributed by atoms with Gasteiger partial charge in [0, 0.05) is 13.1 Å². The van der Waals surface area contributed by atoms with E-state index < -0.39 is 0 Å². The monoisotopic (exact) mass is 208 g/mol. The van der Waals surface area contributed by atoms with Gasteiger partial charge in [0.2, 0.25) is 0 Å². The Balaban J connectivity index is 2.29. The summed E-state index contributed by atoms with van der Waals surface area (Å²) in [6, 6.07) is 1.86. The normalized spacial score (nSPS) is 15.9. The van der Waals surface area contributed by atoms with E-state index in [1.54, 1.807) is 6.08 Å². The molecule has 1 fully saturated rings. The van der Waals surface area contributed by atoms with Crippen LogP contribution >= 0.6 is 11.6 Å². The van der Waals surface area contributed by atoms with Gasteiger partial charge in [-0.2, -0.15) is 0 Å². The zero-order chi connectivity index (χ0) is 9.97. The van der Waals surface area contributed by atoms with Crippen LogP contribution in [0.4, 0.5) is 5.69 Å². The topological polar surface area (TPSA) is 16.1 Å². The molecule has 0 amide bonds. The van der Waals surface area contributed by atoms with Crippen LogP contribution in [0, 0.1) is 0 Å². The first kappa shape index (κ1) is 9.53. The van der Waals surface area contributed by atoms with Gasteiger partial charge in [-0.15, -0.1) is 0 Å². The molecule has 74 valence electrons. The first-order valence-corrected chi connectivity index (χ1v) is 5.22. The maximum Gasteiger partial charge on any atom is 0.0742 e. The first-order chi connectivity index (χ1) is 6.81. The fourth-order valence-corrected chi connectivity index (χ4v) is 2.02. The molecule has 0 radical (unpaired) electrons. The maximum atomic E-state index is 6.16. The van der Waals surface area contributed by atoms with Gasteiger partial charge in [0.25, 0.3) is 0 Å². The second kappa shape index (κ2) is 4.01. The van der Waals surface area contributed by atoms with E-state index in [1.807, 2.05) is 12.3 Å². The molecule has 2 rings (SSSR count). The quantitative estimate of drug-likeness (QED) is 0.743. The van der Waals surface area contributed by atoms with Crippen LogP contribution in [0.1, 0.15) is 18.5 Å². The Kier molecular flexibility index (Phi) is 2.73.